The number of rotatable bonds is 6. The first-order chi connectivity index (χ1) is 15.0. The number of amides is 2. The molecule has 2 aromatic carbocycles. The molecule has 0 spiro atoms. The lowest BCUT2D eigenvalue weighted by atomic mass is 10.2. The molecular formula is C23H20FN5O2. The van der Waals surface area contributed by atoms with Gasteiger partial charge in [0, 0.05) is 30.0 Å². The number of halogens is 1. The Hall–Kier alpha value is -4.07. The van der Waals surface area contributed by atoms with Crippen molar-refractivity contribution in [1.82, 2.24) is 14.8 Å². The molecule has 7 nitrogen and oxygen atoms in total. The number of pyridine rings is 1. The van der Waals surface area contributed by atoms with Crippen LogP contribution in [0.25, 0.3) is 16.7 Å². The number of aryl methyl sites for hydroxylation is 1. The molecule has 0 saturated carbocycles. The molecule has 0 aliphatic carbocycles. The normalized spacial score (nSPS) is 10.8. The lowest BCUT2D eigenvalue weighted by Gasteiger charge is -2.09. The van der Waals surface area contributed by atoms with Gasteiger partial charge in [0.2, 0.25) is 11.8 Å². The SMILES string of the molecule is Cc1cc(NC(=O)CCC(=O)Nc2ccc(F)cc2)n(-c2ccc3ccccc3n2)n1. The maximum atomic E-state index is 12.9. The fourth-order valence-corrected chi connectivity index (χ4v) is 3.13. The highest BCUT2D eigenvalue weighted by molar-refractivity contribution is 5.96. The number of anilines is 2. The van der Waals surface area contributed by atoms with Crippen LogP contribution in [-0.2, 0) is 9.59 Å². The van der Waals surface area contributed by atoms with E-state index in [1.54, 1.807) is 10.7 Å². The molecule has 2 heterocycles. The Balaban J connectivity index is 1.41. The number of benzene rings is 2. The molecule has 0 aliphatic heterocycles. The second-order valence-electron chi connectivity index (χ2n) is 7.05. The largest absolute Gasteiger partial charge is 0.326 e. The lowest BCUT2D eigenvalue weighted by molar-refractivity contribution is -0.121. The summed E-state index contributed by atoms with van der Waals surface area (Å²) in [7, 11) is 0. The van der Waals surface area contributed by atoms with Crippen molar-refractivity contribution in [2.24, 2.45) is 0 Å². The Morgan fingerprint density at radius 3 is 2.42 bits per heavy atom. The molecule has 156 valence electrons. The minimum absolute atomic E-state index is 0.00937. The van der Waals surface area contributed by atoms with E-state index in [-0.39, 0.29) is 30.5 Å². The molecule has 0 atom stereocenters. The molecule has 2 amide bonds. The molecule has 0 radical (unpaired) electrons. The number of nitrogens with zero attached hydrogens (tertiary/aromatic N) is 3. The summed E-state index contributed by atoms with van der Waals surface area (Å²) in [4.78, 5) is 29.1. The van der Waals surface area contributed by atoms with Gasteiger partial charge in [0.25, 0.3) is 0 Å². The molecule has 0 saturated heterocycles. The van der Waals surface area contributed by atoms with Crippen LogP contribution in [0.5, 0.6) is 0 Å². The fourth-order valence-electron chi connectivity index (χ4n) is 3.13. The first-order valence-electron chi connectivity index (χ1n) is 9.76. The third kappa shape index (κ3) is 4.92. The second kappa shape index (κ2) is 8.74. The number of para-hydroxylation sites is 1. The predicted molar refractivity (Wildman–Crippen MR) is 116 cm³/mol. The van der Waals surface area contributed by atoms with Gasteiger partial charge in [-0.25, -0.2) is 9.37 Å². The molecule has 0 fully saturated rings. The maximum absolute atomic E-state index is 12.9. The van der Waals surface area contributed by atoms with Gasteiger partial charge in [0.1, 0.15) is 11.6 Å². The van der Waals surface area contributed by atoms with Crippen molar-refractivity contribution < 1.29 is 14.0 Å². The number of carbonyl (C=O) groups excluding carboxylic acids is 2. The molecule has 0 bridgehead atoms. The van der Waals surface area contributed by atoms with Crippen LogP contribution in [0, 0.1) is 12.7 Å². The van der Waals surface area contributed by atoms with Gasteiger partial charge in [-0.15, -0.1) is 0 Å². The third-order valence-electron chi connectivity index (χ3n) is 4.61. The first kappa shape index (κ1) is 20.2. The smallest absolute Gasteiger partial charge is 0.226 e. The van der Waals surface area contributed by atoms with Gasteiger partial charge >= 0.3 is 0 Å². The van der Waals surface area contributed by atoms with Gasteiger partial charge in [0.05, 0.1) is 11.2 Å². The highest BCUT2D eigenvalue weighted by Crippen LogP contribution is 2.19. The summed E-state index contributed by atoms with van der Waals surface area (Å²) >= 11 is 0. The molecule has 8 heteroatoms. The van der Waals surface area contributed by atoms with E-state index in [1.807, 2.05) is 43.3 Å². The minimum Gasteiger partial charge on any atom is -0.326 e. The zero-order valence-corrected chi connectivity index (χ0v) is 16.8. The zero-order valence-electron chi connectivity index (χ0n) is 16.8. The van der Waals surface area contributed by atoms with Gasteiger partial charge < -0.3 is 10.6 Å². The second-order valence-corrected chi connectivity index (χ2v) is 7.05. The van der Waals surface area contributed by atoms with Gasteiger partial charge in [0.15, 0.2) is 5.82 Å². The van der Waals surface area contributed by atoms with Gasteiger partial charge in [-0.1, -0.05) is 18.2 Å². The van der Waals surface area contributed by atoms with E-state index in [2.05, 4.69) is 20.7 Å². The van der Waals surface area contributed by atoms with E-state index in [0.29, 0.717) is 17.3 Å². The zero-order chi connectivity index (χ0) is 21.8. The number of hydrogen-bond acceptors (Lipinski definition) is 4. The average Bonchev–Trinajstić information content (AvgIpc) is 3.13. The Kier molecular flexibility index (Phi) is 5.70. The van der Waals surface area contributed by atoms with Gasteiger partial charge in [-0.3, -0.25) is 9.59 Å². The standard InChI is InChI=1S/C23H20FN5O2/c1-15-14-21(29(28-15)20-11-6-16-4-2-3-5-19(16)26-20)27-23(31)13-12-22(30)25-18-9-7-17(24)8-10-18/h2-11,14H,12-13H2,1H3,(H,25,30)(H,27,31). The number of hydrogen-bond donors (Lipinski definition) is 2. The molecule has 4 aromatic rings. The van der Waals surface area contributed by atoms with Crippen LogP contribution in [0.2, 0.25) is 0 Å². The number of nitrogens with one attached hydrogen (secondary N) is 2. The van der Waals surface area contributed by atoms with Crippen molar-refractivity contribution in [3.05, 3.63) is 78.2 Å². The Bertz CT molecular complexity index is 1250. The molecule has 2 N–H and O–H groups in total. The van der Waals surface area contributed by atoms with E-state index < -0.39 is 0 Å². The number of carbonyl (C=O) groups is 2. The summed E-state index contributed by atoms with van der Waals surface area (Å²) in [6, 6.07) is 18.7. The van der Waals surface area contributed by atoms with Crippen LogP contribution in [0.15, 0.2) is 66.7 Å². The minimum atomic E-state index is -0.384. The van der Waals surface area contributed by atoms with Crippen molar-refractivity contribution in [3.8, 4) is 5.82 Å². The highest BCUT2D eigenvalue weighted by atomic mass is 19.1. The van der Waals surface area contributed by atoms with Crippen molar-refractivity contribution in [2.75, 3.05) is 10.6 Å². The molecule has 0 aliphatic rings. The van der Waals surface area contributed by atoms with Crippen LogP contribution in [0.4, 0.5) is 15.9 Å². The van der Waals surface area contributed by atoms with E-state index in [4.69, 9.17) is 0 Å². The topological polar surface area (TPSA) is 88.9 Å². The van der Waals surface area contributed by atoms with Crippen molar-refractivity contribution in [3.63, 3.8) is 0 Å². The summed E-state index contributed by atoms with van der Waals surface area (Å²) in [6.07, 6.45) is -0.0209. The summed E-state index contributed by atoms with van der Waals surface area (Å²) in [5, 5.41) is 10.9. The van der Waals surface area contributed by atoms with Crippen LogP contribution in [0.3, 0.4) is 0 Å². The van der Waals surface area contributed by atoms with Crippen LogP contribution < -0.4 is 10.6 Å². The quantitative estimate of drug-likeness (QED) is 0.491. The molecular weight excluding hydrogens is 397 g/mol. The molecule has 0 unspecified atom stereocenters. The van der Waals surface area contributed by atoms with Crippen LogP contribution in [0.1, 0.15) is 18.5 Å². The van der Waals surface area contributed by atoms with E-state index in [1.165, 1.54) is 24.3 Å². The fraction of sp³-hybridized carbons (Fsp3) is 0.130. The van der Waals surface area contributed by atoms with Crippen molar-refractivity contribution >= 4 is 34.2 Å². The Labute approximate surface area is 177 Å². The first-order valence-corrected chi connectivity index (χ1v) is 9.76. The van der Waals surface area contributed by atoms with E-state index >= 15 is 0 Å². The van der Waals surface area contributed by atoms with E-state index in [0.717, 1.165) is 16.6 Å². The highest BCUT2D eigenvalue weighted by Gasteiger charge is 2.14. The predicted octanol–water partition coefficient (Wildman–Crippen LogP) is 4.23. The molecule has 2 aromatic heterocycles. The third-order valence-corrected chi connectivity index (χ3v) is 4.61. The number of fused-ring (bicyclic) bond motifs is 1. The van der Waals surface area contributed by atoms with Gasteiger partial charge in [-0.05, 0) is 49.4 Å². The summed E-state index contributed by atoms with van der Waals surface area (Å²) in [6.45, 7) is 1.82. The van der Waals surface area contributed by atoms with Crippen LogP contribution >= 0.6 is 0 Å². The summed E-state index contributed by atoms with van der Waals surface area (Å²) in [5.41, 5.74) is 2.02. The maximum Gasteiger partial charge on any atom is 0.226 e. The van der Waals surface area contributed by atoms with E-state index in [9.17, 15) is 14.0 Å². The molecule has 31 heavy (non-hydrogen) atoms. The van der Waals surface area contributed by atoms with Crippen molar-refractivity contribution in [1.29, 1.82) is 0 Å². The number of aromatic nitrogens is 3. The average molecular weight is 417 g/mol. The lowest BCUT2D eigenvalue weighted by Crippen LogP contribution is -2.19. The monoisotopic (exact) mass is 417 g/mol. The van der Waals surface area contributed by atoms with Crippen LogP contribution in [-0.4, -0.2) is 26.6 Å². The van der Waals surface area contributed by atoms with Crippen molar-refractivity contribution in [2.45, 2.75) is 19.8 Å². The molecule has 4 rings (SSSR count). The van der Waals surface area contributed by atoms with Gasteiger partial charge in [-0.2, -0.15) is 9.78 Å². The summed E-state index contributed by atoms with van der Waals surface area (Å²) < 4.78 is 14.5. The Morgan fingerprint density at radius 2 is 1.65 bits per heavy atom. The summed E-state index contributed by atoms with van der Waals surface area (Å²) in [5.74, 6) is 0.0180. The Morgan fingerprint density at radius 1 is 0.935 bits per heavy atom.